The first-order valence-corrected chi connectivity index (χ1v) is 5.97. The Balaban J connectivity index is 2.71. The number of hydrogen-bond donors (Lipinski definition) is 2. The maximum absolute atomic E-state index is 14.0. The van der Waals surface area contributed by atoms with E-state index in [0.29, 0.717) is 6.42 Å². The van der Waals surface area contributed by atoms with Gasteiger partial charge in [0, 0.05) is 19.0 Å². The molecule has 3 N–H and O–H groups in total. The molecule has 1 aliphatic heterocycles. The molecule has 0 aromatic heterocycles. The van der Waals surface area contributed by atoms with Crippen LogP contribution in [0, 0.1) is 5.82 Å². The third kappa shape index (κ3) is 2.08. The summed E-state index contributed by atoms with van der Waals surface area (Å²) in [5.41, 5.74) is 4.41. The minimum Gasteiger partial charge on any atom is -0.480 e. The second-order valence-electron chi connectivity index (χ2n) is 4.69. The molecule has 19 heavy (non-hydrogen) atoms. The smallest absolute Gasteiger partial charge is 0.328 e. The summed E-state index contributed by atoms with van der Waals surface area (Å²) in [4.78, 5) is 24.3. The van der Waals surface area contributed by atoms with Gasteiger partial charge in [-0.1, -0.05) is 12.1 Å². The van der Waals surface area contributed by atoms with Crippen molar-refractivity contribution >= 4 is 17.6 Å². The molecule has 0 aliphatic carbocycles. The summed E-state index contributed by atoms with van der Waals surface area (Å²) in [6.07, 6.45) is 0.555. The van der Waals surface area contributed by atoms with Crippen LogP contribution < -0.4 is 10.6 Å². The molecule has 0 spiro atoms. The number of hydrogen-bond acceptors (Lipinski definition) is 3. The van der Waals surface area contributed by atoms with Crippen LogP contribution in [0.15, 0.2) is 18.2 Å². The number of anilines is 1. The van der Waals surface area contributed by atoms with Gasteiger partial charge in [-0.05, 0) is 18.9 Å². The zero-order valence-corrected chi connectivity index (χ0v) is 10.5. The number of rotatable bonds is 1. The van der Waals surface area contributed by atoms with Crippen LogP contribution in [-0.2, 0) is 15.1 Å². The lowest BCUT2D eigenvalue weighted by Gasteiger charge is -2.27. The number of amides is 1. The van der Waals surface area contributed by atoms with Gasteiger partial charge in [-0.25, -0.2) is 9.18 Å². The number of nitrogens with zero attached hydrogens (tertiary/aromatic N) is 1. The SMILES string of the molecule is CC(=O)N1CCCC(N)(C(=O)O)c2cccc(F)c21. The van der Waals surface area contributed by atoms with E-state index in [1.807, 2.05) is 0 Å². The summed E-state index contributed by atoms with van der Waals surface area (Å²) in [5, 5.41) is 9.33. The number of carbonyl (C=O) groups is 2. The lowest BCUT2D eigenvalue weighted by atomic mass is 9.86. The van der Waals surface area contributed by atoms with Crippen LogP contribution in [-0.4, -0.2) is 23.5 Å². The molecular weight excluding hydrogens is 251 g/mol. The van der Waals surface area contributed by atoms with Crippen molar-refractivity contribution in [3.05, 3.63) is 29.6 Å². The molecule has 1 aromatic rings. The van der Waals surface area contributed by atoms with Gasteiger partial charge in [-0.3, -0.25) is 4.79 Å². The van der Waals surface area contributed by atoms with E-state index in [1.54, 1.807) is 0 Å². The Bertz CT molecular complexity index is 547. The van der Waals surface area contributed by atoms with Gasteiger partial charge in [0.2, 0.25) is 5.91 Å². The summed E-state index contributed by atoms with van der Waals surface area (Å²) in [6, 6.07) is 4.07. The van der Waals surface area contributed by atoms with E-state index in [0.717, 1.165) is 0 Å². The maximum Gasteiger partial charge on any atom is 0.328 e. The fourth-order valence-electron chi connectivity index (χ4n) is 2.45. The summed E-state index contributed by atoms with van der Waals surface area (Å²) in [7, 11) is 0. The molecule has 1 aromatic carbocycles. The number of para-hydroxylation sites is 1. The van der Waals surface area contributed by atoms with Crippen molar-refractivity contribution in [3.8, 4) is 0 Å². The summed E-state index contributed by atoms with van der Waals surface area (Å²) in [6.45, 7) is 1.58. The molecule has 0 saturated heterocycles. The Labute approximate surface area is 109 Å². The van der Waals surface area contributed by atoms with Crippen LogP contribution in [0.1, 0.15) is 25.3 Å². The molecule has 0 saturated carbocycles. The first-order chi connectivity index (χ1) is 8.88. The minimum absolute atomic E-state index is 0.0163. The Hall–Kier alpha value is -1.95. The summed E-state index contributed by atoms with van der Waals surface area (Å²) >= 11 is 0. The Morgan fingerprint density at radius 2 is 2.16 bits per heavy atom. The van der Waals surface area contributed by atoms with E-state index in [1.165, 1.54) is 30.0 Å². The molecule has 102 valence electrons. The van der Waals surface area contributed by atoms with Gasteiger partial charge in [-0.2, -0.15) is 0 Å². The molecule has 5 nitrogen and oxygen atoms in total. The fourth-order valence-corrected chi connectivity index (χ4v) is 2.45. The average Bonchev–Trinajstić information content (AvgIpc) is 2.49. The van der Waals surface area contributed by atoms with E-state index < -0.39 is 17.3 Å². The van der Waals surface area contributed by atoms with Crippen molar-refractivity contribution in [2.45, 2.75) is 25.3 Å². The molecule has 1 aliphatic rings. The van der Waals surface area contributed by atoms with E-state index in [9.17, 15) is 19.1 Å². The van der Waals surface area contributed by atoms with Crippen molar-refractivity contribution in [1.29, 1.82) is 0 Å². The van der Waals surface area contributed by atoms with Gasteiger partial charge < -0.3 is 15.7 Å². The lowest BCUT2D eigenvalue weighted by molar-refractivity contribution is -0.144. The van der Waals surface area contributed by atoms with Crippen molar-refractivity contribution in [3.63, 3.8) is 0 Å². The van der Waals surface area contributed by atoms with Gasteiger partial charge in [-0.15, -0.1) is 0 Å². The first-order valence-electron chi connectivity index (χ1n) is 5.97. The second-order valence-corrected chi connectivity index (χ2v) is 4.69. The number of fused-ring (bicyclic) bond motifs is 1. The molecule has 2 rings (SSSR count). The summed E-state index contributed by atoms with van der Waals surface area (Å²) in [5.74, 6) is -2.18. The van der Waals surface area contributed by atoms with E-state index >= 15 is 0 Å². The van der Waals surface area contributed by atoms with Gasteiger partial charge in [0.15, 0.2) is 0 Å². The molecule has 6 heteroatoms. The van der Waals surface area contributed by atoms with Gasteiger partial charge in [0.1, 0.15) is 11.4 Å². The highest BCUT2D eigenvalue weighted by Gasteiger charge is 2.42. The van der Waals surface area contributed by atoms with Crippen LogP contribution >= 0.6 is 0 Å². The number of carboxylic acids is 1. The number of carbonyl (C=O) groups excluding carboxylic acids is 1. The quantitative estimate of drug-likeness (QED) is 0.800. The van der Waals surface area contributed by atoms with Crippen molar-refractivity contribution < 1.29 is 19.1 Å². The molecule has 0 fully saturated rings. The van der Waals surface area contributed by atoms with Crippen molar-refractivity contribution in [2.75, 3.05) is 11.4 Å². The fraction of sp³-hybridized carbons (Fsp3) is 0.385. The highest BCUT2D eigenvalue weighted by atomic mass is 19.1. The largest absolute Gasteiger partial charge is 0.480 e. The van der Waals surface area contributed by atoms with Crippen LogP contribution in [0.4, 0.5) is 10.1 Å². The van der Waals surface area contributed by atoms with Crippen LogP contribution in [0.25, 0.3) is 0 Å². The Morgan fingerprint density at radius 3 is 2.74 bits per heavy atom. The molecule has 0 bridgehead atoms. The molecular formula is C13H15FN2O3. The van der Waals surface area contributed by atoms with E-state index in [2.05, 4.69) is 0 Å². The molecule has 1 amide bonds. The minimum atomic E-state index is -1.67. The zero-order valence-electron chi connectivity index (χ0n) is 10.5. The third-order valence-electron chi connectivity index (χ3n) is 3.45. The number of benzene rings is 1. The predicted molar refractivity (Wildman–Crippen MR) is 67.2 cm³/mol. The van der Waals surface area contributed by atoms with E-state index in [4.69, 9.17) is 5.73 Å². The lowest BCUT2D eigenvalue weighted by Crippen LogP contribution is -2.45. The van der Waals surface area contributed by atoms with Crippen LogP contribution in [0.3, 0.4) is 0 Å². The number of halogens is 1. The number of nitrogens with two attached hydrogens (primary N) is 1. The van der Waals surface area contributed by atoms with E-state index in [-0.39, 0.29) is 30.1 Å². The maximum atomic E-state index is 14.0. The molecule has 1 atom stereocenters. The zero-order chi connectivity index (χ0) is 14.2. The topological polar surface area (TPSA) is 83.6 Å². The predicted octanol–water partition coefficient (Wildman–Crippen LogP) is 1.21. The normalized spacial score (nSPS) is 22.6. The second kappa shape index (κ2) is 4.62. The first kappa shape index (κ1) is 13.5. The van der Waals surface area contributed by atoms with Crippen LogP contribution in [0.2, 0.25) is 0 Å². The Kier molecular flexibility index (Phi) is 3.28. The number of aliphatic carboxylic acids is 1. The standard InChI is InChI=1S/C13H15FN2O3/c1-8(17)16-7-3-6-13(15,12(18)19)9-4-2-5-10(14)11(9)16/h2,4-5H,3,6-7,15H2,1H3,(H,18,19). The number of carboxylic acid groups (broad SMARTS) is 1. The van der Waals surface area contributed by atoms with Gasteiger partial charge >= 0.3 is 5.97 Å². The monoisotopic (exact) mass is 266 g/mol. The summed E-state index contributed by atoms with van der Waals surface area (Å²) < 4.78 is 14.0. The average molecular weight is 266 g/mol. The van der Waals surface area contributed by atoms with Gasteiger partial charge in [0.05, 0.1) is 5.69 Å². The van der Waals surface area contributed by atoms with Gasteiger partial charge in [0.25, 0.3) is 0 Å². The van der Waals surface area contributed by atoms with Crippen molar-refractivity contribution in [1.82, 2.24) is 0 Å². The Morgan fingerprint density at radius 1 is 1.47 bits per heavy atom. The van der Waals surface area contributed by atoms with Crippen molar-refractivity contribution in [2.24, 2.45) is 5.73 Å². The molecule has 0 radical (unpaired) electrons. The highest BCUT2D eigenvalue weighted by Crippen LogP contribution is 2.37. The third-order valence-corrected chi connectivity index (χ3v) is 3.45. The molecule has 1 unspecified atom stereocenters. The molecule has 1 heterocycles. The highest BCUT2D eigenvalue weighted by molar-refractivity contribution is 5.95. The van der Waals surface area contributed by atoms with Crippen LogP contribution in [0.5, 0.6) is 0 Å².